The SMILES string of the molecule is CCO[C@H]1OC(C(=O)NCC2CC2)=C[C@@H](C2CCCCC2)[C@H]1CCCO. The van der Waals surface area contributed by atoms with Gasteiger partial charge in [0.25, 0.3) is 5.91 Å². The molecule has 0 unspecified atom stereocenters. The minimum absolute atomic E-state index is 0.0944. The molecule has 3 aliphatic rings. The highest BCUT2D eigenvalue weighted by Gasteiger charge is 2.40. The number of amides is 1. The number of aliphatic hydroxyl groups is 1. The molecule has 1 aliphatic heterocycles. The number of hydrogen-bond acceptors (Lipinski definition) is 4. The molecule has 2 N–H and O–H groups in total. The Morgan fingerprint density at radius 2 is 2.04 bits per heavy atom. The van der Waals surface area contributed by atoms with E-state index in [1.165, 1.54) is 44.9 Å². The van der Waals surface area contributed by atoms with Gasteiger partial charge in [0.15, 0.2) is 5.76 Å². The van der Waals surface area contributed by atoms with E-state index in [0.29, 0.717) is 30.1 Å². The van der Waals surface area contributed by atoms with Crippen molar-refractivity contribution in [1.29, 1.82) is 0 Å². The number of ether oxygens (including phenoxy) is 2. The molecule has 3 rings (SSSR count). The van der Waals surface area contributed by atoms with Crippen LogP contribution in [-0.2, 0) is 14.3 Å². The molecule has 5 heteroatoms. The van der Waals surface area contributed by atoms with Gasteiger partial charge in [-0.3, -0.25) is 4.79 Å². The molecular weight excluding hydrogens is 330 g/mol. The van der Waals surface area contributed by atoms with E-state index in [4.69, 9.17) is 9.47 Å². The van der Waals surface area contributed by atoms with Gasteiger partial charge in [-0.15, -0.1) is 0 Å². The summed E-state index contributed by atoms with van der Waals surface area (Å²) >= 11 is 0. The molecule has 0 spiro atoms. The molecular formula is C21H35NO4. The highest BCUT2D eigenvalue weighted by atomic mass is 16.7. The molecule has 2 fully saturated rings. The molecule has 148 valence electrons. The van der Waals surface area contributed by atoms with Crippen LogP contribution in [-0.4, -0.2) is 37.1 Å². The van der Waals surface area contributed by atoms with Crippen LogP contribution in [0.25, 0.3) is 0 Å². The van der Waals surface area contributed by atoms with Gasteiger partial charge >= 0.3 is 0 Å². The fraction of sp³-hybridized carbons (Fsp3) is 0.857. The van der Waals surface area contributed by atoms with Gasteiger partial charge in [0.2, 0.25) is 6.29 Å². The molecule has 3 atom stereocenters. The summed E-state index contributed by atoms with van der Waals surface area (Å²) in [6, 6.07) is 0. The lowest BCUT2D eigenvalue weighted by molar-refractivity contribution is -0.177. The Hall–Kier alpha value is -1.07. The number of allylic oxidation sites excluding steroid dienone is 1. The molecule has 0 saturated heterocycles. The first-order valence-corrected chi connectivity index (χ1v) is 10.6. The van der Waals surface area contributed by atoms with Crippen molar-refractivity contribution in [2.45, 2.75) is 71.0 Å². The summed E-state index contributed by atoms with van der Waals surface area (Å²) in [7, 11) is 0. The topological polar surface area (TPSA) is 67.8 Å². The highest BCUT2D eigenvalue weighted by molar-refractivity contribution is 5.91. The largest absolute Gasteiger partial charge is 0.459 e. The third kappa shape index (κ3) is 5.23. The minimum atomic E-state index is -0.384. The molecule has 5 nitrogen and oxygen atoms in total. The predicted molar refractivity (Wildman–Crippen MR) is 100 cm³/mol. The highest BCUT2D eigenvalue weighted by Crippen LogP contribution is 2.42. The van der Waals surface area contributed by atoms with E-state index >= 15 is 0 Å². The van der Waals surface area contributed by atoms with E-state index in [-0.39, 0.29) is 24.7 Å². The maximum atomic E-state index is 12.6. The van der Waals surface area contributed by atoms with Gasteiger partial charge in [0.1, 0.15) is 0 Å². The van der Waals surface area contributed by atoms with Crippen molar-refractivity contribution in [1.82, 2.24) is 5.32 Å². The maximum Gasteiger partial charge on any atom is 0.286 e. The van der Waals surface area contributed by atoms with Crippen LogP contribution >= 0.6 is 0 Å². The second-order valence-electron chi connectivity index (χ2n) is 8.13. The van der Waals surface area contributed by atoms with Crippen molar-refractivity contribution in [3.05, 3.63) is 11.8 Å². The predicted octanol–water partition coefficient (Wildman–Crippen LogP) is 3.37. The van der Waals surface area contributed by atoms with Crippen LogP contribution in [0.5, 0.6) is 0 Å². The number of carbonyl (C=O) groups excluding carboxylic acids is 1. The number of aliphatic hydroxyl groups excluding tert-OH is 1. The summed E-state index contributed by atoms with van der Waals surface area (Å²) in [4.78, 5) is 12.6. The summed E-state index contributed by atoms with van der Waals surface area (Å²) in [5.41, 5.74) is 0. The zero-order chi connectivity index (χ0) is 18.4. The average molecular weight is 366 g/mol. The van der Waals surface area contributed by atoms with E-state index in [2.05, 4.69) is 11.4 Å². The van der Waals surface area contributed by atoms with Gasteiger partial charge < -0.3 is 19.9 Å². The van der Waals surface area contributed by atoms with Crippen molar-refractivity contribution < 1.29 is 19.4 Å². The third-order valence-electron chi connectivity index (χ3n) is 6.12. The summed E-state index contributed by atoms with van der Waals surface area (Å²) in [6.07, 6.45) is 12.0. The minimum Gasteiger partial charge on any atom is -0.459 e. The molecule has 26 heavy (non-hydrogen) atoms. The van der Waals surface area contributed by atoms with Gasteiger partial charge in [-0.2, -0.15) is 0 Å². The Bertz CT molecular complexity index is 482. The van der Waals surface area contributed by atoms with E-state index < -0.39 is 0 Å². The van der Waals surface area contributed by atoms with Crippen LogP contribution in [0, 0.1) is 23.7 Å². The zero-order valence-electron chi connectivity index (χ0n) is 16.1. The quantitative estimate of drug-likeness (QED) is 0.657. The normalized spacial score (nSPS) is 29.8. The Morgan fingerprint density at radius 3 is 2.69 bits per heavy atom. The Morgan fingerprint density at radius 1 is 1.27 bits per heavy atom. The molecule has 0 bridgehead atoms. The second kappa shape index (κ2) is 9.75. The van der Waals surface area contributed by atoms with E-state index in [9.17, 15) is 9.90 Å². The fourth-order valence-corrected chi connectivity index (χ4v) is 4.49. The number of carbonyl (C=O) groups is 1. The molecule has 0 aromatic carbocycles. The Balaban J connectivity index is 1.76. The van der Waals surface area contributed by atoms with Gasteiger partial charge in [-0.25, -0.2) is 0 Å². The van der Waals surface area contributed by atoms with E-state index in [1.54, 1.807) is 0 Å². The lowest BCUT2D eigenvalue weighted by atomic mass is 9.71. The molecule has 1 amide bonds. The maximum absolute atomic E-state index is 12.6. The van der Waals surface area contributed by atoms with E-state index in [1.807, 2.05) is 6.92 Å². The Labute approximate surface area is 157 Å². The molecule has 0 aromatic rings. The lowest BCUT2D eigenvalue weighted by Crippen LogP contribution is -2.42. The van der Waals surface area contributed by atoms with Crippen LogP contribution in [0.4, 0.5) is 0 Å². The monoisotopic (exact) mass is 365 g/mol. The van der Waals surface area contributed by atoms with Crippen molar-refractivity contribution in [3.8, 4) is 0 Å². The summed E-state index contributed by atoms with van der Waals surface area (Å²) in [5.74, 6) is 2.10. The number of rotatable bonds is 9. The average Bonchev–Trinajstić information content (AvgIpc) is 3.50. The van der Waals surface area contributed by atoms with Crippen LogP contribution < -0.4 is 5.32 Å². The van der Waals surface area contributed by atoms with Crippen LogP contribution in [0.2, 0.25) is 0 Å². The fourth-order valence-electron chi connectivity index (χ4n) is 4.49. The molecule has 0 aromatic heterocycles. The molecule has 0 radical (unpaired) electrons. The molecule has 1 heterocycles. The van der Waals surface area contributed by atoms with Crippen molar-refractivity contribution >= 4 is 5.91 Å². The van der Waals surface area contributed by atoms with Crippen LogP contribution in [0.3, 0.4) is 0 Å². The standard InChI is InChI=1S/C21H35NO4/c1-2-25-21-17(9-6-12-23)18(16-7-4-3-5-8-16)13-19(26-21)20(24)22-14-15-10-11-15/h13,15-18,21,23H,2-12,14H2,1H3,(H,22,24)/t17-,18+,21+/m1/s1. The first kappa shape index (κ1) is 19.7. The third-order valence-corrected chi connectivity index (χ3v) is 6.12. The van der Waals surface area contributed by atoms with Gasteiger partial charge in [-0.1, -0.05) is 19.3 Å². The number of nitrogens with one attached hydrogen (secondary N) is 1. The van der Waals surface area contributed by atoms with E-state index in [0.717, 1.165) is 19.4 Å². The first-order chi connectivity index (χ1) is 12.7. The van der Waals surface area contributed by atoms with Crippen LogP contribution in [0.15, 0.2) is 11.8 Å². The van der Waals surface area contributed by atoms with Crippen LogP contribution in [0.1, 0.15) is 64.7 Å². The summed E-state index contributed by atoms with van der Waals surface area (Å²) in [6.45, 7) is 3.47. The van der Waals surface area contributed by atoms with Crippen molar-refractivity contribution in [3.63, 3.8) is 0 Å². The molecule has 2 saturated carbocycles. The smallest absolute Gasteiger partial charge is 0.286 e. The van der Waals surface area contributed by atoms with Gasteiger partial charge in [-0.05, 0) is 69.3 Å². The second-order valence-corrected chi connectivity index (χ2v) is 8.13. The zero-order valence-corrected chi connectivity index (χ0v) is 16.1. The Kier molecular flexibility index (Phi) is 7.38. The summed E-state index contributed by atoms with van der Waals surface area (Å²) < 4.78 is 11.9. The van der Waals surface area contributed by atoms with Crippen molar-refractivity contribution in [2.75, 3.05) is 19.8 Å². The first-order valence-electron chi connectivity index (χ1n) is 10.6. The summed E-state index contributed by atoms with van der Waals surface area (Å²) in [5, 5.41) is 12.3. The lowest BCUT2D eigenvalue weighted by Gasteiger charge is -2.41. The van der Waals surface area contributed by atoms with Crippen molar-refractivity contribution in [2.24, 2.45) is 23.7 Å². The molecule has 2 aliphatic carbocycles. The van der Waals surface area contributed by atoms with Gasteiger partial charge in [0, 0.05) is 25.7 Å². The van der Waals surface area contributed by atoms with Gasteiger partial charge in [0.05, 0.1) is 0 Å². The number of hydrogen-bond donors (Lipinski definition) is 2.